The van der Waals surface area contributed by atoms with Crippen molar-refractivity contribution in [3.8, 4) is 11.5 Å². The molecule has 188 valence electrons. The van der Waals surface area contributed by atoms with E-state index in [4.69, 9.17) is 16.6 Å². The number of ether oxygens (including phenoxy) is 2. The van der Waals surface area contributed by atoms with Gasteiger partial charge in [0.25, 0.3) is 0 Å². The average Bonchev–Trinajstić information content (AvgIpc) is 3.29. The second kappa shape index (κ2) is 12.2. The zero-order valence-electron chi connectivity index (χ0n) is 18.9. The molecular weight excluding hydrogens is 563 g/mol. The van der Waals surface area contributed by atoms with Gasteiger partial charge in [0, 0.05) is 33.8 Å². The van der Waals surface area contributed by atoms with Gasteiger partial charge < -0.3 is 9.47 Å². The third-order valence-corrected chi connectivity index (χ3v) is 5.77. The highest BCUT2D eigenvalue weighted by Gasteiger charge is 2.41. The zero-order chi connectivity index (χ0) is 26.3. The Morgan fingerprint density at radius 1 is 0.972 bits per heavy atom. The Morgan fingerprint density at radius 3 is 2.22 bits per heavy atom. The number of benzene rings is 3. The minimum Gasteiger partial charge on any atom is -0.427 e. The molecule has 0 radical (unpaired) electrons. The van der Waals surface area contributed by atoms with E-state index in [-0.39, 0.29) is 17.5 Å². The normalized spacial score (nSPS) is 14.8. The number of halogens is 5. The number of alkyl halides is 3. The molecule has 0 fully saturated rings. The minimum absolute atomic E-state index is 0.00928. The topological polar surface area (TPSA) is 65.0 Å². The molecule has 0 aliphatic carbocycles. The number of aliphatic imine (C=N–C) groups is 1. The third kappa shape index (κ3) is 7.93. The van der Waals surface area contributed by atoms with Crippen LogP contribution in [0.5, 0.6) is 11.5 Å². The van der Waals surface area contributed by atoms with E-state index in [9.17, 15) is 22.8 Å². The number of nitrogens with zero attached hydrogens (tertiary/aromatic N) is 1. The van der Waals surface area contributed by atoms with Gasteiger partial charge in [0.1, 0.15) is 11.5 Å². The van der Waals surface area contributed by atoms with E-state index in [2.05, 4.69) is 49.7 Å². The van der Waals surface area contributed by atoms with Crippen molar-refractivity contribution >= 4 is 45.2 Å². The number of carbonyl (C=O) groups is 2. The summed E-state index contributed by atoms with van der Waals surface area (Å²) in [4.78, 5) is 25.9. The molecule has 36 heavy (non-hydrogen) atoms. The van der Waals surface area contributed by atoms with Gasteiger partial charge in [-0.05, 0) is 48.7 Å². The fourth-order valence-electron chi connectivity index (χ4n) is 3.35. The van der Waals surface area contributed by atoms with Crippen LogP contribution in [0.2, 0.25) is 5.02 Å². The van der Waals surface area contributed by atoms with Crippen molar-refractivity contribution in [2.24, 2.45) is 4.99 Å². The van der Waals surface area contributed by atoms with Crippen molar-refractivity contribution in [1.82, 2.24) is 0 Å². The minimum atomic E-state index is -5.07. The number of hydrogen-bond donors (Lipinski definition) is 0. The molecule has 0 spiro atoms. The van der Waals surface area contributed by atoms with Crippen LogP contribution in [0.15, 0.2) is 82.3 Å². The maximum absolute atomic E-state index is 11.9. The van der Waals surface area contributed by atoms with Crippen LogP contribution in [0.3, 0.4) is 0 Å². The van der Waals surface area contributed by atoms with Gasteiger partial charge in [-0.25, -0.2) is 4.79 Å². The van der Waals surface area contributed by atoms with Crippen molar-refractivity contribution in [2.45, 2.75) is 32.0 Å². The number of esters is 2. The molecule has 0 saturated carbocycles. The highest BCUT2D eigenvalue weighted by Crippen LogP contribution is 2.33. The summed E-state index contributed by atoms with van der Waals surface area (Å²) in [7, 11) is 0. The molecule has 0 N–H and O–H groups in total. The van der Waals surface area contributed by atoms with Crippen molar-refractivity contribution < 1.29 is 32.2 Å². The van der Waals surface area contributed by atoms with Crippen LogP contribution in [0.4, 0.5) is 13.2 Å². The van der Waals surface area contributed by atoms with E-state index in [0.29, 0.717) is 0 Å². The van der Waals surface area contributed by atoms with Crippen molar-refractivity contribution in [3.63, 3.8) is 0 Å². The van der Waals surface area contributed by atoms with E-state index in [1.54, 1.807) is 0 Å². The van der Waals surface area contributed by atoms with Gasteiger partial charge in [-0.3, -0.25) is 9.79 Å². The summed E-state index contributed by atoms with van der Waals surface area (Å²) in [6, 6.07) is 21.4. The predicted molar refractivity (Wildman–Crippen MR) is 134 cm³/mol. The van der Waals surface area contributed by atoms with Crippen LogP contribution >= 0.6 is 27.5 Å². The van der Waals surface area contributed by atoms with Gasteiger partial charge in [-0.2, -0.15) is 13.2 Å². The van der Waals surface area contributed by atoms with E-state index in [1.807, 2.05) is 24.3 Å². The van der Waals surface area contributed by atoms with Crippen LogP contribution in [-0.2, 0) is 9.59 Å². The van der Waals surface area contributed by atoms with Crippen LogP contribution in [-0.4, -0.2) is 23.8 Å². The average molecular weight is 583 g/mol. The molecule has 5 nitrogen and oxygen atoms in total. The summed E-state index contributed by atoms with van der Waals surface area (Å²) < 4.78 is 45.4. The second-order valence-corrected chi connectivity index (χ2v) is 8.94. The van der Waals surface area contributed by atoms with Gasteiger partial charge in [-0.15, -0.1) is 0 Å². The molecule has 1 aliphatic heterocycles. The lowest BCUT2D eigenvalue weighted by molar-refractivity contribution is -0.189. The summed E-state index contributed by atoms with van der Waals surface area (Å²) in [5.41, 5.74) is 3.47. The van der Waals surface area contributed by atoms with Crippen molar-refractivity contribution in [1.29, 1.82) is 0 Å². The Balaban J connectivity index is 0.000000202. The first-order valence-electron chi connectivity index (χ1n) is 10.7. The maximum atomic E-state index is 11.9. The smallest absolute Gasteiger partial charge is 0.427 e. The molecular formula is C26H20BrClF3NO4. The van der Waals surface area contributed by atoms with E-state index < -0.39 is 18.1 Å². The van der Waals surface area contributed by atoms with Gasteiger partial charge in [-0.1, -0.05) is 63.9 Å². The Labute approximate surface area is 219 Å². The molecule has 0 amide bonds. The summed E-state index contributed by atoms with van der Waals surface area (Å²) in [5, 5.41) is 0.790. The molecule has 4 rings (SSSR count). The first-order chi connectivity index (χ1) is 17.0. The molecule has 1 unspecified atom stereocenters. The lowest BCUT2D eigenvalue weighted by Gasteiger charge is -2.07. The Kier molecular flexibility index (Phi) is 9.28. The summed E-state index contributed by atoms with van der Waals surface area (Å²) >= 11 is 9.69. The van der Waals surface area contributed by atoms with Crippen LogP contribution in [0, 0.1) is 0 Å². The highest BCUT2D eigenvalue weighted by molar-refractivity contribution is 9.10. The van der Waals surface area contributed by atoms with Crippen LogP contribution in [0.25, 0.3) is 0 Å². The Hall–Kier alpha value is -3.17. The number of carbonyl (C=O) groups excluding carboxylic acids is 2. The monoisotopic (exact) mass is 581 g/mol. The van der Waals surface area contributed by atoms with Gasteiger partial charge >= 0.3 is 18.1 Å². The molecule has 3 aromatic carbocycles. The zero-order valence-corrected chi connectivity index (χ0v) is 21.2. The van der Waals surface area contributed by atoms with E-state index in [0.717, 1.165) is 52.7 Å². The molecule has 1 atom stereocenters. The standard InChI is InChI=1S/C16H13BrClN.C10H7F3O4/c17-12-7-5-11(6-8-12)15-9-10-16(19-15)13-3-1-2-4-14(13)18;1-6(14)16-7-3-2-4-8(5-7)17-9(15)10(11,12)13/h1-8,15H,9-10H2;2-5H,1H3. The lowest BCUT2D eigenvalue weighted by atomic mass is 10.0. The molecule has 0 saturated heterocycles. The highest BCUT2D eigenvalue weighted by atomic mass is 79.9. The van der Waals surface area contributed by atoms with Crippen LogP contribution < -0.4 is 9.47 Å². The third-order valence-electron chi connectivity index (χ3n) is 4.91. The quantitative estimate of drug-likeness (QED) is 0.236. The molecule has 0 aromatic heterocycles. The molecule has 0 bridgehead atoms. The number of hydrogen-bond acceptors (Lipinski definition) is 5. The summed E-state index contributed by atoms with van der Waals surface area (Å²) in [6.45, 7) is 1.13. The summed E-state index contributed by atoms with van der Waals surface area (Å²) in [6.07, 6.45) is -3.02. The summed E-state index contributed by atoms with van der Waals surface area (Å²) in [5.74, 6) is -3.34. The van der Waals surface area contributed by atoms with Crippen molar-refractivity contribution in [2.75, 3.05) is 0 Å². The second-order valence-electron chi connectivity index (χ2n) is 7.62. The lowest BCUT2D eigenvalue weighted by Crippen LogP contribution is -2.27. The van der Waals surface area contributed by atoms with Crippen LogP contribution in [0.1, 0.15) is 36.9 Å². The fraction of sp³-hybridized carbons (Fsp3) is 0.192. The first kappa shape index (κ1) is 27.4. The van der Waals surface area contributed by atoms with Gasteiger partial charge in [0.2, 0.25) is 0 Å². The van der Waals surface area contributed by atoms with Gasteiger partial charge in [0.15, 0.2) is 0 Å². The molecule has 1 aliphatic rings. The Morgan fingerprint density at radius 2 is 1.61 bits per heavy atom. The first-order valence-corrected chi connectivity index (χ1v) is 11.8. The molecule has 3 aromatic rings. The molecule has 10 heteroatoms. The molecule has 1 heterocycles. The number of rotatable bonds is 4. The largest absolute Gasteiger partial charge is 0.491 e. The van der Waals surface area contributed by atoms with Gasteiger partial charge in [0.05, 0.1) is 6.04 Å². The predicted octanol–water partition coefficient (Wildman–Crippen LogP) is 7.51. The SMILES string of the molecule is CC(=O)Oc1cccc(OC(=O)C(F)(F)F)c1.Clc1ccccc1C1=NC(c2ccc(Br)cc2)CC1. The van der Waals surface area contributed by atoms with E-state index >= 15 is 0 Å². The Bertz CT molecular complexity index is 1260. The maximum Gasteiger partial charge on any atom is 0.491 e. The fourth-order valence-corrected chi connectivity index (χ4v) is 3.86. The van der Waals surface area contributed by atoms with Crippen molar-refractivity contribution in [3.05, 3.63) is 93.4 Å². The van der Waals surface area contributed by atoms with E-state index in [1.165, 1.54) is 17.7 Å².